The number of phenols is 1. The molecule has 0 saturated heterocycles. The van der Waals surface area contributed by atoms with Gasteiger partial charge in [-0.15, -0.1) is 11.8 Å². The van der Waals surface area contributed by atoms with Gasteiger partial charge in [-0.3, -0.25) is 9.13 Å². The van der Waals surface area contributed by atoms with E-state index < -0.39 is 20.6 Å². The highest BCUT2D eigenvalue weighted by Gasteiger charge is 2.42. The molecule has 0 spiro atoms. The minimum Gasteiger partial charge on any atom is -0.507 e. The molecule has 0 fully saturated rings. The van der Waals surface area contributed by atoms with Crippen LogP contribution in [0.15, 0.2) is 17.0 Å². The van der Waals surface area contributed by atoms with Crippen LogP contribution in [0.25, 0.3) is 0 Å². The molecule has 1 aromatic rings. The Morgan fingerprint density at radius 1 is 0.893 bits per heavy atom. The summed E-state index contributed by atoms with van der Waals surface area (Å²) in [6.07, 6.45) is -0.0278. The van der Waals surface area contributed by atoms with Crippen LogP contribution in [-0.2, 0) is 20.0 Å². The number of hydrogen-bond acceptors (Lipinski definition) is 4. The first-order valence-corrected chi connectivity index (χ1v) is 13.3. The van der Waals surface area contributed by atoms with Crippen molar-refractivity contribution in [3.63, 3.8) is 0 Å². The Kier molecular flexibility index (Phi) is 8.09. The molecule has 0 aromatic heterocycles. The third kappa shape index (κ3) is 7.17. The van der Waals surface area contributed by atoms with Crippen molar-refractivity contribution >= 4 is 27.0 Å². The molecule has 0 unspecified atom stereocenters. The van der Waals surface area contributed by atoms with Crippen LogP contribution in [0.5, 0.6) is 5.75 Å². The molecule has 0 aliphatic heterocycles. The molecule has 0 bridgehead atoms. The molecule has 0 heterocycles. The second kappa shape index (κ2) is 8.81. The van der Waals surface area contributed by atoms with E-state index in [0.717, 1.165) is 16.0 Å². The van der Waals surface area contributed by atoms with Gasteiger partial charge >= 0.3 is 15.2 Å². The molecule has 0 atom stereocenters. The van der Waals surface area contributed by atoms with E-state index >= 15 is 0 Å². The topological polar surface area (TPSA) is 135 Å². The lowest BCUT2D eigenvalue weighted by Gasteiger charge is -2.28. The molecule has 5 N–H and O–H groups in total. The maximum absolute atomic E-state index is 11.4. The van der Waals surface area contributed by atoms with Crippen molar-refractivity contribution in [2.75, 3.05) is 5.75 Å². The first-order chi connectivity index (χ1) is 12.3. The molecule has 1 aromatic carbocycles. The van der Waals surface area contributed by atoms with E-state index in [2.05, 4.69) is 0 Å². The molecular formula is C18H32O7P2S. The fraction of sp³-hybridized carbons (Fsp3) is 0.667. The third-order valence-electron chi connectivity index (χ3n) is 4.35. The highest BCUT2D eigenvalue weighted by atomic mass is 32.2. The van der Waals surface area contributed by atoms with Gasteiger partial charge in [0.1, 0.15) is 5.75 Å². The van der Waals surface area contributed by atoms with E-state index in [1.165, 1.54) is 11.8 Å². The molecule has 162 valence electrons. The molecule has 0 amide bonds. The SMILES string of the molecule is CC(C)(C)c1cc(SCCCC(P(=O)(O)O)P(=O)(O)O)cc(C(C)(C)C)c1O. The van der Waals surface area contributed by atoms with Gasteiger partial charge in [0.2, 0.25) is 0 Å². The van der Waals surface area contributed by atoms with Gasteiger partial charge in [0, 0.05) is 16.0 Å². The molecule has 1 rings (SSSR count). The van der Waals surface area contributed by atoms with Crippen LogP contribution in [-0.4, -0.2) is 35.8 Å². The Morgan fingerprint density at radius 3 is 1.61 bits per heavy atom. The second-order valence-corrected chi connectivity index (χ2v) is 14.2. The standard InChI is InChI=1S/C18H32O7P2S/c1-17(2,3)13-10-12(11-14(16(13)19)18(4,5)6)28-9-7-8-15(26(20,21)22)27(23,24)25/h10-11,15,19H,7-9H2,1-6H3,(H2,20,21,22)(H2,23,24,25). The van der Waals surface area contributed by atoms with Gasteiger partial charge in [0.05, 0.1) is 0 Å². The van der Waals surface area contributed by atoms with E-state index in [1.54, 1.807) is 0 Å². The molecule has 0 saturated carbocycles. The summed E-state index contributed by atoms with van der Waals surface area (Å²) >= 11 is 1.44. The lowest BCUT2D eigenvalue weighted by atomic mass is 9.79. The van der Waals surface area contributed by atoms with Crippen LogP contribution in [0.4, 0.5) is 0 Å². The molecule has 28 heavy (non-hydrogen) atoms. The molecular weight excluding hydrogens is 422 g/mol. The second-order valence-electron chi connectivity index (χ2n) is 9.02. The minimum absolute atomic E-state index is 0.238. The fourth-order valence-corrected chi connectivity index (χ4v) is 6.38. The predicted octanol–water partition coefficient (Wildman–Crippen LogP) is 4.54. The van der Waals surface area contributed by atoms with E-state index in [-0.39, 0.29) is 29.4 Å². The van der Waals surface area contributed by atoms with Gasteiger partial charge in [0.25, 0.3) is 0 Å². The number of thioether (sulfide) groups is 1. The lowest BCUT2D eigenvalue weighted by Crippen LogP contribution is -2.17. The number of rotatable bonds is 7. The molecule has 7 nitrogen and oxygen atoms in total. The van der Waals surface area contributed by atoms with Crippen LogP contribution in [0, 0.1) is 0 Å². The zero-order valence-electron chi connectivity index (χ0n) is 17.2. The first-order valence-electron chi connectivity index (χ1n) is 8.96. The number of phenolic OH excluding ortho intramolecular Hbond substituents is 1. The number of benzene rings is 1. The largest absolute Gasteiger partial charge is 0.507 e. The van der Waals surface area contributed by atoms with Crippen molar-refractivity contribution in [1.29, 1.82) is 0 Å². The average Bonchev–Trinajstić information content (AvgIpc) is 2.42. The van der Waals surface area contributed by atoms with Gasteiger partial charge in [-0.05, 0) is 41.6 Å². The summed E-state index contributed by atoms with van der Waals surface area (Å²) in [5.41, 5.74) is 1.08. The van der Waals surface area contributed by atoms with Crippen molar-refractivity contribution < 1.29 is 33.8 Å². The Hall–Kier alpha value is -0.330. The van der Waals surface area contributed by atoms with E-state index in [0.29, 0.717) is 5.75 Å². The van der Waals surface area contributed by atoms with E-state index in [9.17, 15) is 33.8 Å². The van der Waals surface area contributed by atoms with Gasteiger partial charge in [-0.25, -0.2) is 0 Å². The van der Waals surface area contributed by atoms with Crippen LogP contribution in [0.1, 0.15) is 65.5 Å². The summed E-state index contributed by atoms with van der Waals surface area (Å²) in [6.45, 7) is 12.0. The van der Waals surface area contributed by atoms with E-state index in [1.807, 2.05) is 53.7 Å². The highest BCUT2D eigenvalue weighted by Crippen LogP contribution is 2.61. The molecule has 0 aliphatic rings. The number of aromatic hydroxyl groups is 1. The third-order valence-corrected chi connectivity index (χ3v) is 9.29. The lowest BCUT2D eigenvalue weighted by molar-refractivity contribution is 0.335. The van der Waals surface area contributed by atoms with Crippen LogP contribution >= 0.6 is 27.0 Å². The van der Waals surface area contributed by atoms with Crippen LogP contribution in [0.3, 0.4) is 0 Å². The maximum atomic E-state index is 11.4. The summed E-state index contributed by atoms with van der Waals surface area (Å²) in [5.74, 6) is 0.710. The van der Waals surface area contributed by atoms with Crippen LogP contribution < -0.4 is 0 Å². The van der Waals surface area contributed by atoms with Crippen molar-refractivity contribution in [3.05, 3.63) is 23.3 Å². The summed E-state index contributed by atoms with van der Waals surface area (Å²) in [7, 11) is -9.76. The Balaban J connectivity index is 3.02. The summed E-state index contributed by atoms with van der Waals surface area (Å²) in [4.78, 5) is 37.7. The predicted molar refractivity (Wildman–Crippen MR) is 113 cm³/mol. The van der Waals surface area contributed by atoms with Gasteiger partial charge < -0.3 is 24.7 Å². The van der Waals surface area contributed by atoms with Gasteiger partial charge in [-0.2, -0.15) is 0 Å². The van der Waals surface area contributed by atoms with Crippen molar-refractivity contribution in [1.82, 2.24) is 0 Å². The van der Waals surface area contributed by atoms with Crippen molar-refractivity contribution in [3.8, 4) is 5.75 Å². The Labute approximate surface area is 171 Å². The fourth-order valence-electron chi connectivity index (χ4n) is 2.82. The summed E-state index contributed by atoms with van der Waals surface area (Å²) < 4.78 is 22.7. The first kappa shape index (κ1) is 25.7. The molecule has 0 radical (unpaired) electrons. The zero-order chi connectivity index (χ0) is 22.1. The van der Waals surface area contributed by atoms with E-state index in [4.69, 9.17) is 0 Å². The Morgan fingerprint density at radius 2 is 1.29 bits per heavy atom. The van der Waals surface area contributed by atoms with Crippen LogP contribution in [0.2, 0.25) is 0 Å². The monoisotopic (exact) mass is 454 g/mol. The highest BCUT2D eigenvalue weighted by molar-refractivity contribution is 7.99. The Bertz CT molecular complexity index is 727. The van der Waals surface area contributed by atoms with Crippen molar-refractivity contribution in [2.45, 2.75) is 75.5 Å². The average molecular weight is 454 g/mol. The van der Waals surface area contributed by atoms with Gasteiger partial charge in [0.15, 0.2) is 5.40 Å². The molecule has 0 aliphatic carbocycles. The molecule has 10 heteroatoms. The number of hydrogen-bond donors (Lipinski definition) is 5. The zero-order valence-corrected chi connectivity index (χ0v) is 19.8. The summed E-state index contributed by atoms with van der Waals surface area (Å²) in [5, 5.41) is 8.76. The maximum Gasteiger partial charge on any atom is 0.340 e. The normalized spacial score (nSPS) is 14.0. The summed E-state index contributed by atoms with van der Waals surface area (Å²) in [6, 6.07) is 3.80. The van der Waals surface area contributed by atoms with Gasteiger partial charge in [-0.1, -0.05) is 41.5 Å². The minimum atomic E-state index is -4.88. The smallest absolute Gasteiger partial charge is 0.340 e. The van der Waals surface area contributed by atoms with Crippen molar-refractivity contribution in [2.24, 2.45) is 0 Å². The quantitative estimate of drug-likeness (QED) is 0.230.